The molecule has 1 aliphatic carbocycles. The number of benzene rings is 1. The van der Waals surface area contributed by atoms with Crippen LogP contribution >= 0.6 is 0 Å². The highest BCUT2D eigenvalue weighted by atomic mass is 32.2. The Kier molecular flexibility index (Phi) is 5.57. The Morgan fingerprint density at radius 3 is 2.42 bits per heavy atom. The highest BCUT2D eigenvalue weighted by Gasteiger charge is 2.44. The van der Waals surface area contributed by atoms with Crippen LogP contribution in [0, 0.1) is 11.3 Å². The maximum absolute atomic E-state index is 12.9. The van der Waals surface area contributed by atoms with Crippen molar-refractivity contribution in [3.05, 3.63) is 17.7 Å². The number of nitrogens with zero attached hydrogens (tertiary/aromatic N) is 5. The molecule has 1 aromatic carbocycles. The van der Waals surface area contributed by atoms with Crippen molar-refractivity contribution in [2.24, 2.45) is 0 Å². The van der Waals surface area contributed by atoms with Gasteiger partial charge in [-0.3, -0.25) is 0 Å². The number of hydrogen-bond acceptors (Lipinski definition) is 9. The number of aromatic hydroxyl groups is 1. The minimum absolute atomic E-state index is 0.0347. The number of carbonyl (C=O) groups is 1. The van der Waals surface area contributed by atoms with Crippen molar-refractivity contribution in [3.63, 3.8) is 0 Å². The second-order valence-corrected chi connectivity index (χ2v) is 12.9. The third-order valence-electron chi connectivity index (χ3n) is 6.92. The van der Waals surface area contributed by atoms with E-state index in [0.29, 0.717) is 13.1 Å². The fourth-order valence-electron chi connectivity index (χ4n) is 4.91. The molecule has 2 aromatic rings. The lowest BCUT2D eigenvalue weighted by Crippen LogP contribution is -2.56. The molecule has 2 aliphatic heterocycles. The monoisotopic (exact) mass is 514 g/mol. The fraction of sp³-hybridized carbons (Fsp3) is 0.583. The minimum atomic E-state index is -3.89. The highest BCUT2D eigenvalue weighted by Crippen LogP contribution is 2.38. The smallest absolute Gasteiger partial charge is 0.410 e. The summed E-state index contributed by atoms with van der Waals surface area (Å²) in [7, 11) is -3.89. The molecule has 2 N–H and O–H groups in total. The zero-order valence-electron chi connectivity index (χ0n) is 20.8. The molecule has 36 heavy (non-hydrogen) atoms. The molecule has 0 radical (unpaired) electrons. The molecule has 3 heterocycles. The van der Waals surface area contributed by atoms with E-state index in [9.17, 15) is 23.6 Å². The largest absolute Gasteiger partial charge is 0.493 e. The number of fused-ring (bicyclic) bond motifs is 3. The van der Waals surface area contributed by atoms with Crippen LogP contribution < -0.4 is 9.62 Å². The Hall–Kier alpha value is -3.17. The first-order valence-electron chi connectivity index (χ1n) is 12.0. The number of amides is 1. The molecule has 1 aromatic heterocycles. The normalized spacial score (nSPS) is 23.0. The fourth-order valence-corrected chi connectivity index (χ4v) is 6.43. The first kappa shape index (κ1) is 24.5. The number of aromatic nitrogens is 2. The van der Waals surface area contributed by atoms with E-state index in [-0.39, 0.29) is 45.5 Å². The van der Waals surface area contributed by atoms with E-state index in [0.717, 1.165) is 25.7 Å². The van der Waals surface area contributed by atoms with E-state index in [1.54, 1.807) is 4.90 Å². The Morgan fingerprint density at radius 2 is 1.86 bits per heavy atom. The van der Waals surface area contributed by atoms with E-state index in [1.165, 1.54) is 12.1 Å². The van der Waals surface area contributed by atoms with Crippen LogP contribution in [0.1, 0.15) is 58.9 Å². The molecule has 0 spiro atoms. The number of ether oxygens (including phenoxy) is 1. The van der Waals surface area contributed by atoms with Crippen molar-refractivity contribution in [1.82, 2.24) is 19.6 Å². The van der Waals surface area contributed by atoms with Crippen LogP contribution in [-0.4, -0.2) is 70.8 Å². The number of carbonyl (C=O) groups excluding carboxylic acids is 1. The lowest BCUT2D eigenvalue weighted by Gasteiger charge is -2.41. The van der Waals surface area contributed by atoms with Crippen molar-refractivity contribution in [3.8, 4) is 11.9 Å². The highest BCUT2D eigenvalue weighted by molar-refractivity contribution is 7.89. The Balaban J connectivity index is 1.47. The topological polar surface area (TPSA) is 149 Å². The third-order valence-corrected chi connectivity index (χ3v) is 8.54. The van der Waals surface area contributed by atoms with Crippen molar-refractivity contribution in [2.45, 2.75) is 81.5 Å². The molecule has 2 bridgehead atoms. The molecule has 11 nitrogen and oxygen atoms in total. The summed E-state index contributed by atoms with van der Waals surface area (Å²) in [4.78, 5) is 25.1. The number of rotatable bonds is 4. The predicted octanol–water partition coefficient (Wildman–Crippen LogP) is 2.63. The van der Waals surface area contributed by atoms with Crippen molar-refractivity contribution in [1.29, 1.82) is 5.26 Å². The van der Waals surface area contributed by atoms with Gasteiger partial charge < -0.3 is 19.6 Å². The van der Waals surface area contributed by atoms with Gasteiger partial charge in [0.2, 0.25) is 21.9 Å². The molecule has 1 saturated carbocycles. The van der Waals surface area contributed by atoms with Gasteiger partial charge in [0.15, 0.2) is 0 Å². The summed E-state index contributed by atoms with van der Waals surface area (Å²) in [5.74, 6) is -0.137. The van der Waals surface area contributed by atoms with Crippen LogP contribution in [0.5, 0.6) is 5.88 Å². The van der Waals surface area contributed by atoms with Crippen LogP contribution in [0.4, 0.5) is 10.7 Å². The van der Waals surface area contributed by atoms with E-state index >= 15 is 0 Å². The average molecular weight is 515 g/mol. The van der Waals surface area contributed by atoms with Gasteiger partial charge >= 0.3 is 6.09 Å². The summed E-state index contributed by atoms with van der Waals surface area (Å²) < 4.78 is 34.0. The number of nitriles is 1. The van der Waals surface area contributed by atoms with Crippen LogP contribution in [-0.2, 0) is 14.8 Å². The van der Waals surface area contributed by atoms with Crippen molar-refractivity contribution >= 4 is 33.0 Å². The molecule has 3 aliphatic rings. The molecular formula is C24H30N6O5S. The molecule has 3 fully saturated rings. The summed E-state index contributed by atoms with van der Waals surface area (Å²) >= 11 is 0. The summed E-state index contributed by atoms with van der Waals surface area (Å²) in [6.45, 7) is 8.16. The summed E-state index contributed by atoms with van der Waals surface area (Å²) in [5.41, 5.74) is -0.853. The van der Waals surface area contributed by atoms with Crippen LogP contribution in [0.2, 0.25) is 0 Å². The lowest BCUT2D eigenvalue weighted by molar-refractivity contribution is 0.0208. The minimum Gasteiger partial charge on any atom is -0.493 e. The van der Waals surface area contributed by atoms with Gasteiger partial charge in [-0.25, -0.2) is 22.9 Å². The van der Waals surface area contributed by atoms with E-state index in [2.05, 4.69) is 14.7 Å². The number of sulfonamides is 1. The van der Waals surface area contributed by atoms with Crippen LogP contribution in [0.25, 0.3) is 10.9 Å². The summed E-state index contributed by atoms with van der Waals surface area (Å²) in [6.07, 6.45) is 2.76. The molecule has 2 unspecified atom stereocenters. The maximum Gasteiger partial charge on any atom is 0.410 e. The van der Waals surface area contributed by atoms with Gasteiger partial charge in [0.05, 0.1) is 33.4 Å². The first-order valence-corrected chi connectivity index (χ1v) is 13.5. The van der Waals surface area contributed by atoms with Crippen molar-refractivity contribution in [2.75, 3.05) is 18.0 Å². The zero-order chi connectivity index (χ0) is 26.0. The van der Waals surface area contributed by atoms with Gasteiger partial charge in [-0.2, -0.15) is 10.2 Å². The van der Waals surface area contributed by atoms with Gasteiger partial charge in [0.1, 0.15) is 11.7 Å². The van der Waals surface area contributed by atoms with Crippen LogP contribution in [0.15, 0.2) is 17.0 Å². The van der Waals surface area contributed by atoms with Gasteiger partial charge in [0.25, 0.3) is 0 Å². The SMILES string of the molecule is CC1(NS(=O)(=O)c2cc(C#N)c3nc(N4C5CCC4CN(C(=O)OC(C)(C)C)C5)nc(O)c3c2)CC1. The standard InChI is InChI=1S/C24H30N6O5S/c1-23(2,3)35-22(32)29-12-15-5-6-16(13-29)30(15)21-26-19-14(11-25)9-17(10-18(19)20(31)27-21)36(33,34)28-24(4)7-8-24/h9-10,15-16,28H,5-8,12-13H2,1-4H3,(H,26,27,31). The maximum atomic E-state index is 12.9. The van der Waals surface area contributed by atoms with Gasteiger partial charge in [-0.05, 0) is 65.5 Å². The summed E-state index contributed by atoms with van der Waals surface area (Å²) in [5, 5.41) is 20.7. The Morgan fingerprint density at radius 1 is 1.22 bits per heavy atom. The number of hydrogen-bond donors (Lipinski definition) is 2. The molecular weight excluding hydrogens is 484 g/mol. The molecule has 12 heteroatoms. The van der Waals surface area contributed by atoms with Gasteiger partial charge in [0, 0.05) is 18.6 Å². The Labute approximate surface area is 210 Å². The number of nitrogens with one attached hydrogen (secondary N) is 1. The van der Waals surface area contributed by atoms with E-state index in [1.807, 2.05) is 38.7 Å². The molecule has 192 valence electrons. The second kappa shape index (κ2) is 8.18. The second-order valence-electron chi connectivity index (χ2n) is 11.2. The zero-order valence-corrected chi connectivity index (χ0v) is 21.6. The van der Waals surface area contributed by atoms with E-state index < -0.39 is 27.0 Å². The number of piperazine rings is 1. The third kappa shape index (κ3) is 4.53. The van der Waals surface area contributed by atoms with Gasteiger partial charge in [-0.1, -0.05) is 0 Å². The molecule has 2 atom stereocenters. The number of likely N-dealkylation sites (tertiary alicyclic amines) is 1. The summed E-state index contributed by atoms with van der Waals surface area (Å²) in [6, 6.07) is 4.47. The molecule has 5 rings (SSSR count). The van der Waals surface area contributed by atoms with Crippen LogP contribution in [0.3, 0.4) is 0 Å². The first-order chi connectivity index (χ1) is 16.8. The van der Waals surface area contributed by atoms with E-state index in [4.69, 9.17) is 4.74 Å². The predicted molar refractivity (Wildman–Crippen MR) is 131 cm³/mol. The lowest BCUT2D eigenvalue weighted by atomic mass is 10.1. The Bertz CT molecular complexity index is 1380. The quantitative estimate of drug-likeness (QED) is 0.628. The van der Waals surface area contributed by atoms with Gasteiger partial charge in [-0.15, -0.1) is 0 Å². The molecule has 1 amide bonds. The van der Waals surface area contributed by atoms with Crippen molar-refractivity contribution < 1.29 is 23.1 Å². The number of anilines is 1. The molecule has 2 saturated heterocycles. The average Bonchev–Trinajstić information content (AvgIpc) is 3.43.